The predicted octanol–water partition coefficient (Wildman–Crippen LogP) is -3.27. The van der Waals surface area contributed by atoms with Gasteiger partial charge in [0.05, 0.1) is 4.90 Å². The molecule has 1 aromatic carbocycles. The maximum atomic E-state index is 10.6. The van der Waals surface area contributed by atoms with Gasteiger partial charge >= 0.3 is 0 Å². The van der Waals surface area contributed by atoms with E-state index in [0.29, 0.717) is 5.69 Å². The van der Waals surface area contributed by atoms with Gasteiger partial charge in [0.2, 0.25) is 5.91 Å². The molecule has 0 spiro atoms. The zero-order valence-corrected chi connectivity index (χ0v) is 11.2. The SMILES string of the molecule is CC(=O)Nc1ccc(S(=O)(=O)[O-])cc1.O.[I-]. The van der Waals surface area contributed by atoms with Crippen LogP contribution in [-0.2, 0) is 14.9 Å². The Kier molecular flexibility index (Phi) is 7.49. The summed E-state index contributed by atoms with van der Waals surface area (Å²) in [6.45, 7) is 1.33. The third kappa shape index (κ3) is 5.39. The van der Waals surface area contributed by atoms with Gasteiger partial charge in [-0.15, -0.1) is 0 Å². The van der Waals surface area contributed by atoms with Gasteiger partial charge < -0.3 is 39.3 Å². The van der Waals surface area contributed by atoms with Crippen molar-refractivity contribution in [3.63, 3.8) is 0 Å². The Labute approximate surface area is 110 Å². The van der Waals surface area contributed by atoms with E-state index in [1.54, 1.807) is 0 Å². The molecule has 92 valence electrons. The van der Waals surface area contributed by atoms with Gasteiger partial charge in [-0.3, -0.25) is 4.79 Å². The van der Waals surface area contributed by atoms with E-state index in [0.717, 1.165) is 12.1 Å². The minimum atomic E-state index is -4.41. The van der Waals surface area contributed by atoms with Gasteiger partial charge in [-0.2, -0.15) is 0 Å². The van der Waals surface area contributed by atoms with E-state index in [9.17, 15) is 17.8 Å². The zero-order valence-electron chi connectivity index (χ0n) is 8.23. The Morgan fingerprint density at radius 2 is 1.69 bits per heavy atom. The van der Waals surface area contributed by atoms with Gasteiger partial charge in [0.15, 0.2) is 0 Å². The highest BCUT2D eigenvalue weighted by molar-refractivity contribution is 7.85. The van der Waals surface area contributed by atoms with E-state index in [4.69, 9.17) is 0 Å². The molecule has 0 saturated heterocycles. The number of halogens is 1. The van der Waals surface area contributed by atoms with E-state index in [2.05, 4.69) is 5.32 Å². The first-order chi connectivity index (χ1) is 6.39. The maximum Gasteiger partial charge on any atom is 0.221 e. The summed E-state index contributed by atoms with van der Waals surface area (Å²) >= 11 is 0. The van der Waals surface area contributed by atoms with Crippen LogP contribution in [0.3, 0.4) is 0 Å². The van der Waals surface area contributed by atoms with Crippen molar-refractivity contribution in [2.45, 2.75) is 11.8 Å². The summed E-state index contributed by atoms with van der Waals surface area (Å²) in [4.78, 5) is 10.3. The Morgan fingerprint density at radius 1 is 1.25 bits per heavy atom. The minimum Gasteiger partial charge on any atom is -1.00 e. The van der Waals surface area contributed by atoms with Crippen LogP contribution < -0.4 is 29.3 Å². The number of hydrogen-bond acceptors (Lipinski definition) is 4. The lowest BCUT2D eigenvalue weighted by Crippen LogP contribution is -3.00. The Bertz CT molecular complexity index is 442. The van der Waals surface area contributed by atoms with Crippen LogP contribution in [0.4, 0.5) is 5.69 Å². The molecule has 1 amide bonds. The zero-order chi connectivity index (χ0) is 10.8. The molecule has 0 unspecified atom stereocenters. The summed E-state index contributed by atoms with van der Waals surface area (Å²) in [7, 11) is -4.41. The normalized spacial score (nSPS) is 9.62. The van der Waals surface area contributed by atoms with E-state index in [1.807, 2.05) is 0 Å². The van der Waals surface area contributed by atoms with E-state index < -0.39 is 10.1 Å². The topological polar surface area (TPSA) is 118 Å². The summed E-state index contributed by atoms with van der Waals surface area (Å²) in [6, 6.07) is 5.00. The first-order valence-corrected chi connectivity index (χ1v) is 5.14. The number of carbonyl (C=O) groups is 1. The molecule has 0 aliphatic heterocycles. The number of nitrogens with one attached hydrogen (secondary N) is 1. The van der Waals surface area contributed by atoms with Crippen LogP contribution in [-0.4, -0.2) is 24.4 Å². The van der Waals surface area contributed by atoms with Gasteiger partial charge in [-0.1, -0.05) is 0 Å². The Balaban J connectivity index is 0. The fraction of sp³-hybridized carbons (Fsp3) is 0.125. The fourth-order valence-electron chi connectivity index (χ4n) is 0.908. The van der Waals surface area contributed by atoms with Crippen LogP contribution in [0.1, 0.15) is 6.92 Å². The summed E-state index contributed by atoms with van der Waals surface area (Å²) in [5.74, 6) is -0.261. The highest BCUT2D eigenvalue weighted by Crippen LogP contribution is 2.13. The highest BCUT2D eigenvalue weighted by Gasteiger charge is 2.00. The van der Waals surface area contributed by atoms with Crippen LogP contribution in [0.15, 0.2) is 29.2 Å². The van der Waals surface area contributed by atoms with Crippen molar-refractivity contribution in [2.24, 2.45) is 0 Å². The van der Waals surface area contributed by atoms with Crippen molar-refractivity contribution in [2.75, 3.05) is 5.32 Å². The van der Waals surface area contributed by atoms with Crippen LogP contribution in [0, 0.1) is 0 Å². The molecular formula is C8H10INO5S-2. The molecular weight excluding hydrogens is 349 g/mol. The molecule has 0 radical (unpaired) electrons. The lowest BCUT2D eigenvalue weighted by Gasteiger charge is -2.07. The maximum absolute atomic E-state index is 10.6. The monoisotopic (exact) mass is 359 g/mol. The van der Waals surface area contributed by atoms with Gasteiger partial charge in [-0.25, -0.2) is 8.42 Å². The number of anilines is 1. The molecule has 1 rings (SSSR count). The quantitative estimate of drug-likeness (QED) is 0.440. The third-order valence-electron chi connectivity index (χ3n) is 1.46. The summed E-state index contributed by atoms with van der Waals surface area (Å²) in [5, 5.41) is 2.45. The molecule has 16 heavy (non-hydrogen) atoms. The fourth-order valence-corrected chi connectivity index (χ4v) is 1.38. The Morgan fingerprint density at radius 3 is 2.00 bits per heavy atom. The minimum absolute atomic E-state index is 0. The highest BCUT2D eigenvalue weighted by atomic mass is 127. The smallest absolute Gasteiger partial charge is 0.221 e. The van der Waals surface area contributed by atoms with Gasteiger partial charge in [0, 0.05) is 12.6 Å². The van der Waals surface area contributed by atoms with E-state index in [1.165, 1.54) is 19.1 Å². The summed E-state index contributed by atoms with van der Waals surface area (Å²) < 4.78 is 31.6. The molecule has 1 aromatic rings. The predicted molar refractivity (Wildman–Crippen MR) is 52.3 cm³/mol. The molecule has 0 saturated carbocycles. The second-order valence-corrected chi connectivity index (χ2v) is 4.04. The molecule has 0 heterocycles. The van der Waals surface area contributed by atoms with Crippen molar-refractivity contribution in [1.29, 1.82) is 0 Å². The number of amides is 1. The van der Waals surface area contributed by atoms with E-state index in [-0.39, 0.29) is 40.3 Å². The molecule has 0 aromatic heterocycles. The molecule has 0 atom stereocenters. The number of benzene rings is 1. The van der Waals surface area contributed by atoms with Crippen molar-refractivity contribution < 1.29 is 47.2 Å². The van der Waals surface area contributed by atoms with E-state index >= 15 is 0 Å². The number of hydrogen-bond donors (Lipinski definition) is 1. The average Bonchev–Trinajstić information content (AvgIpc) is 2.02. The number of rotatable bonds is 2. The second-order valence-electron chi connectivity index (χ2n) is 2.66. The molecule has 6 nitrogen and oxygen atoms in total. The Hall–Kier alpha value is -0.710. The summed E-state index contributed by atoms with van der Waals surface area (Å²) in [6.07, 6.45) is 0. The van der Waals surface area contributed by atoms with Crippen LogP contribution in [0.5, 0.6) is 0 Å². The summed E-state index contributed by atoms with van der Waals surface area (Å²) in [5.41, 5.74) is 0.449. The lowest BCUT2D eigenvalue weighted by atomic mass is 10.3. The van der Waals surface area contributed by atoms with Crippen LogP contribution in [0.2, 0.25) is 0 Å². The average molecular weight is 359 g/mol. The van der Waals surface area contributed by atoms with Crippen molar-refractivity contribution in [3.05, 3.63) is 24.3 Å². The molecule has 0 aliphatic rings. The van der Waals surface area contributed by atoms with Crippen molar-refractivity contribution in [3.8, 4) is 0 Å². The molecule has 3 N–H and O–H groups in total. The largest absolute Gasteiger partial charge is 1.00 e. The van der Waals surface area contributed by atoms with Crippen molar-refractivity contribution >= 4 is 21.7 Å². The first-order valence-electron chi connectivity index (χ1n) is 3.73. The lowest BCUT2D eigenvalue weighted by molar-refractivity contribution is -0.114. The number of carbonyl (C=O) groups excluding carboxylic acids is 1. The molecule has 8 heteroatoms. The van der Waals surface area contributed by atoms with Crippen LogP contribution in [0.25, 0.3) is 0 Å². The van der Waals surface area contributed by atoms with Crippen molar-refractivity contribution in [1.82, 2.24) is 0 Å². The molecule has 0 fully saturated rings. The standard InChI is InChI=1S/C8H9NO4S.HI.H2O/c1-6(10)9-7-2-4-8(5-3-7)14(11,12)13;;/h2-5H,1H3,(H,9,10)(H,11,12,13);1H;1H2/p-2. The third-order valence-corrected chi connectivity index (χ3v) is 2.31. The molecule has 0 aliphatic carbocycles. The van der Waals surface area contributed by atoms with Gasteiger partial charge in [0.25, 0.3) is 0 Å². The molecule has 0 bridgehead atoms. The first kappa shape index (κ1) is 17.7. The van der Waals surface area contributed by atoms with Crippen LogP contribution >= 0.6 is 0 Å². The second kappa shape index (κ2) is 6.78. The van der Waals surface area contributed by atoms with Gasteiger partial charge in [-0.05, 0) is 24.3 Å². The van der Waals surface area contributed by atoms with Gasteiger partial charge in [0.1, 0.15) is 10.1 Å².